The Bertz CT molecular complexity index is 4400. The van der Waals surface area contributed by atoms with Gasteiger partial charge in [-0.15, -0.1) is 0 Å². The van der Waals surface area contributed by atoms with Crippen molar-refractivity contribution in [3.8, 4) is 23.0 Å². The van der Waals surface area contributed by atoms with E-state index in [9.17, 15) is 0 Å². The van der Waals surface area contributed by atoms with E-state index in [0.717, 1.165) is 157 Å². The van der Waals surface area contributed by atoms with E-state index in [1.807, 2.05) is 194 Å². The highest BCUT2D eigenvalue weighted by atomic mass is 16.5. The minimum atomic E-state index is -1.02. The van der Waals surface area contributed by atoms with Crippen molar-refractivity contribution in [3.05, 3.63) is 380 Å². The van der Waals surface area contributed by atoms with Crippen molar-refractivity contribution in [2.45, 2.75) is 55.4 Å². The van der Waals surface area contributed by atoms with Crippen molar-refractivity contribution in [1.82, 2.24) is 0 Å². The van der Waals surface area contributed by atoms with Crippen LogP contribution < -0.4 is 18.9 Å². The number of ether oxygens (including phenoxy) is 4. The fourth-order valence-corrected chi connectivity index (χ4v) is 12.5. The lowest BCUT2D eigenvalue weighted by atomic mass is 9.90. The van der Waals surface area contributed by atoms with Crippen molar-refractivity contribution >= 4 is 68.5 Å². The Morgan fingerprint density at radius 1 is 0.228 bits per heavy atom. The van der Waals surface area contributed by atoms with Gasteiger partial charge < -0.3 is 18.9 Å². The molecule has 0 N–H and O–H groups in total. The number of para-hydroxylation sites is 4. The van der Waals surface area contributed by atoms with Crippen LogP contribution in [-0.4, -0.2) is 49.9 Å². The molecule has 0 radical (unpaired) electrons. The van der Waals surface area contributed by atoms with E-state index in [1.54, 1.807) is 0 Å². The van der Waals surface area contributed by atoms with Gasteiger partial charge in [-0.25, -0.2) is 20.0 Å². The molecule has 0 bridgehead atoms. The summed E-state index contributed by atoms with van der Waals surface area (Å²) in [7, 11) is 0. The predicted octanol–water partition coefficient (Wildman–Crippen LogP) is 22.5. The molecule has 0 aliphatic heterocycles. The van der Waals surface area contributed by atoms with E-state index in [2.05, 4.69) is 176 Å². The van der Waals surface area contributed by atoms with Crippen LogP contribution in [0.15, 0.2) is 311 Å². The maximum Gasteiger partial charge on any atom is 0.125 e. The fourth-order valence-electron chi connectivity index (χ4n) is 12.5. The minimum absolute atomic E-state index is 0.123. The molecule has 0 aromatic heterocycles. The Morgan fingerprint density at radius 2 is 0.386 bits per heavy atom. The highest BCUT2D eigenvalue weighted by Crippen LogP contribution is 2.39. The van der Waals surface area contributed by atoms with E-state index >= 15 is 0 Å². The lowest BCUT2D eigenvalue weighted by Gasteiger charge is -2.35. The molecule has 0 heterocycles. The lowest BCUT2D eigenvalue weighted by Crippen LogP contribution is -2.46. The van der Waals surface area contributed by atoms with Crippen LogP contribution in [0.2, 0.25) is 0 Å². The van der Waals surface area contributed by atoms with Crippen LogP contribution in [0.5, 0.6) is 23.0 Å². The van der Waals surface area contributed by atoms with Crippen LogP contribution in [-0.2, 0) is 0 Å². The molecular weight excluding hydrogens is 1240 g/mol. The fraction of sp³-hybridized carbons (Fsp3) is 0.140. The number of nitrogens with zero attached hydrogens (tertiary/aromatic N) is 4. The Kier molecular flexibility index (Phi) is 22.3. The van der Waals surface area contributed by atoms with Gasteiger partial charge in [-0.1, -0.05) is 194 Å². The first kappa shape index (κ1) is 68.6. The van der Waals surface area contributed by atoms with Gasteiger partial charge >= 0.3 is 0 Å². The van der Waals surface area contributed by atoms with Gasteiger partial charge in [-0.05, 0) is 265 Å². The molecule has 0 atom stereocenters. The van der Waals surface area contributed by atoms with Gasteiger partial charge in [0.1, 0.15) is 54.8 Å². The average molecular weight is 1320 g/mol. The topological polar surface area (TPSA) is 86.4 Å². The van der Waals surface area contributed by atoms with Crippen molar-refractivity contribution < 1.29 is 18.9 Å². The van der Waals surface area contributed by atoms with E-state index in [1.165, 1.54) is 0 Å². The summed E-state index contributed by atoms with van der Waals surface area (Å²) in [6.07, 6.45) is 0. The molecule has 12 rings (SSSR count). The summed E-state index contributed by atoms with van der Waals surface area (Å²) in [5.41, 5.74) is 21.0. The zero-order chi connectivity index (χ0) is 69.9. The van der Waals surface area contributed by atoms with Crippen LogP contribution >= 0.6 is 0 Å². The van der Waals surface area contributed by atoms with Gasteiger partial charge in [0.15, 0.2) is 0 Å². The monoisotopic (exact) mass is 1320 g/mol. The third-order valence-corrected chi connectivity index (χ3v) is 17.5. The summed E-state index contributed by atoms with van der Waals surface area (Å²) >= 11 is 0. The van der Waals surface area contributed by atoms with Gasteiger partial charge in [-0.2, -0.15) is 0 Å². The normalized spacial score (nSPS) is 11.2. The molecule has 0 aliphatic rings. The molecule has 0 spiro atoms. The Morgan fingerprint density at radius 3 is 0.554 bits per heavy atom. The van der Waals surface area contributed by atoms with E-state index in [0.29, 0.717) is 0 Å². The molecule has 8 heteroatoms. The zero-order valence-corrected chi connectivity index (χ0v) is 58.5. The number of benzene rings is 12. The van der Waals surface area contributed by atoms with Gasteiger partial charge in [0.25, 0.3) is 0 Å². The summed E-state index contributed by atoms with van der Waals surface area (Å²) in [6, 6.07) is 98.1. The zero-order valence-electron chi connectivity index (χ0n) is 58.5. The summed E-state index contributed by atoms with van der Waals surface area (Å²) in [5, 5.41) is 0. The largest absolute Gasteiger partial charge is 0.492 e. The molecule has 12 aromatic rings. The standard InChI is InChI=1S/C93H80N4O4/c1-65-49-77(85(73-33-17-9-18-34-73)57-94-81-41-25-13-26-42-81)50-66(2)89(65)98-61-93(62-99-90-67(3)51-78(52-68(90)4)86(74-35-19-10-20-36-74)58-95-82-43-27-14-28-44-82,63-100-91-69(5)53-79(54-70(91)6)87(75-37-21-11-22-38-75)59-96-83-45-29-15-30-46-83)64-101-92-71(7)55-80(56-72(92)8)88(76-39-23-12-24-40-76)60-97-84-47-31-16-32-48-84/h9-56H,61-64H2,1-8H3. The maximum atomic E-state index is 7.38. The van der Waals surface area contributed by atoms with E-state index < -0.39 is 5.41 Å². The first-order chi connectivity index (χ1) is 49.3. The molecule has 0 saturated heterocycles. The molecule has 0 unspecified atom stereocenters. The Balaban J connectivity index is 0.976. The average Bonchev–Trinajstić information content (AvgIpc) is 0.815. The molecule has 8 nitrogen and oxygen atoms in total. The lowest BCUT2D eigenvalue weighted by molar-refractivity contribution is -0.00484. The highest BCUT2D eigenvalue weighted by molar-refractivity contribution is 6.02. The molecular formula is C93H80N4O4. The Labute approximate surface area is 594 Å². The van der Waals surface area contributed by atoms with Crippen LogP contribution in [0, 0.1) is 60.8 Å². The second-order valence-electron chi connectivity index (χ2n) is 25.6. The predicted molar refractivity (Wildman–Crippen MR) is 418 cm³/mol. The summed E-state index contributed by atoms with van der Waals surface area (Å²) in [4.78, 5) is 19.4. The second kappa shape index (κ2) is 32.8. The minimum Gasteiger partial charge on any atom is -0.492 e. The van der Waals surface area contributed by atoms with Crippen molar-refractivity contribution in [3.63, 3.8) is 0 Å². The third kappa shape index (κ3) is 17.5. The van der Waals surface area contributed by atoms with Crippen LogP contribution in [0.3, 0.4) is 0 Å². The molecule has 12 aromatic carbocycles. The number of hydrogen-bond acceptors (Lipinski definition) is 8. The Hall–Kier alpha value is -12.4. The smallest absolute Gasteiger partial charge is 0.125 e. The second-order valence-corrected chi connectivity index (χ2v) is 25.6. The van der Waals surface area contributed by atoms with Gasteiger partial charge in [0.2, 0.25) is 0 Å². The van der Waals surface area contributed by atoms with Crippen LogP contribution in [0.1, 0.15) is 89.0 Å². The van der Waals surface area contributed by atoms with Crippen LogP contribution in [0.4, 0.5) is 22.7 Å². The van der Waals surface area contributed by atoms with Gasteiger partial charge in [-0.3, -0.25) is 0 Å². The third-order valence-electron chi connectivity index (χ3n) is 17.5. The van der Waals surface area contributed by atoms with Crippen molar-refractivity contribution in [2.75, 3.05) is 26.4 Å². The molecule has 0 saturated carbocycles. The SMILES string of the molecule is Cc1cc(C(=C=Nc2ccccc2)c2ccccc2)cc(C)c1OCC(COc1c(C)cc(C(=C=Nc2ccccc2)c2ccccc2)cc1C)(COc1c(C)cc(C(=C=Nc2ccccc2)c2ccccc2)cc1C)COc1c(C)cc(C(=C=Nc2ccccc2)c2ccccc2)cc1C. The molecule has 0 amide bonds. The van der Waals surface area contributed by atoms with Gasteiger partial charge in [0, 0.05) is 0 Å². The first-order valence-corrected chi connectivity index (χ1v) is 34.1. The van der Waals surface area contributed by atoms with Crippen molar-refractivity contribution in [2.24, 2.45) is 25.4 Å². The summed E-state index contributed by atoms with van der Waals surface area (Å²) in [6.45, 7) is 17.3. The number of aryl methyl sites for hydroxylation is 8. The number of hydrogen-bond donors (Lipinski definition) is 0. The van der Waals surface area contributed by atoms with E-state index in [4.69, 9.17) is 38.9 Å². The molecule has 101 heavy (non-hydrogen) atoms. The first-order valence-electron chi connectivity index (χ1n) is 34.1. The van der Waals surface area contributed by atoms with Crippen molar-refractivity contribution in [1.29, 1.82) is 0 Å². The molecule has 0 fully saturated rings. The van der Waals surface area contributed by atoms with E-state index in [-0.39, 0.29) is 26.4 Å². The molecule has 496 valence electrons. The summed E-state index contributed by atoms with van der Waals surface area (Å²) in [5.74, 6) is 16.7. The van der Waals surface area contributed by atoms with Gasteiger partial charge in [0.05, 0.1) is 45.0 Å². The molecule has 0 aliphatic carbocycles. The maximum absolute atomic E-state index is 7.38. The number of rotatable bonds is 24. The summed E-state index contributed by atoms with van der Waals surface area (Å²) < 4.78 is 29.5. The quantitative estimate of drug-likeness (QED) is 0.0564. The highest BCUT2D eigenvalue weighted by Gasteiger charge is 2.38. The number of aliphatic imine (C=N–C) groups is 4. The van der Waals surface area contributed by atoms with Crippen LogP contribution in [0.25, 0.3) is 22.3 Å².